The second-order valence-corrected chi connectivity index (χ2v) is 8.02. The van der Waals surface area contributed by atoms with E-state index in [1.165, 1.54) is 0 Å². The second kappa shape index (κ2) is 7.94. The van der Waals surface area contributed by atoms with Gasteiger partial charge in [0, 0.05) is 42.5 Å². The molecule has 0 fully saturated rings. The Bertz CT molecular complexity index is 1180. The van der Waals surface area contributed by atoms with Crippen molar-refractivity contribution < 1.29 is 13.9 Å². The molecule has 0 saturated heterocycles. The van der Waals surface area contributed by atoms with Crippen LogP contribution >= 0.6 is 0 Å². The number of benzene rings is 1. The molecule has 6 heteroatoms. The molecule has 0 aliphatic heterocycles. The van der Waals surface area contributed by atoms with Gasteiger partial charge < -0.3 is 14.1 Å². The lowest BCUT2D eigenvalue weighted by atomic mass is 10.0. The molecule has 1 aliphatic carbocycles. The SMILES string of the molecule is Cc1cnccc1CN(C)C(=O)C(C)Oc1ccc2c3c(c(=O)oc2c1C)CCC3. The number of carbonyl (C=O) groups excluding carboxylic acids is 1. The molecule has 0 radical (unpaired) electrons. The number of likely N-dealkylation sites (N-methyl/N-ethyl adjacent to an activating group) is 1. The van der Waals surface area contributed by atoms with Crippen LogP contribution in [0, 0.1) is 13.8 Å². The Morgan fingerprint density at radius 2 is 2.00 bits per heavy atom. The van der Waals surface area contributed by atoms with Gasteiger partial charge >= 0.3 is 5.63 Å². The van der Waals surface area contributed by atoms with E-state index in [4.69, 9.17) is 9.15 Å². The second-order valence-electron chi connectivity index (χ2n) is 8.02. The predicted molar refractivity (Wildman–Crippen MR) is 115 cm³/mol. The van der Waals surface area contributed by atoms with Crippen LogP contribution in [-0.4, -0.2) is 28.9 Å². The third-order valence-corrected chi connectivity index (χ3v) is 5.91. The maximum absolute atomic E-state index is 12.9. The van der Waals surface area contributed by atoms with Crippen molar-refractivity contribution in [2.75, 3.05) is 7.05 Å². The van der Waals surface area contributed by atoms with Gasteiger partial charge in [-0.05, 0) is 74.9 Å². The highest BCUT2D eigenvalue weighted by atomic mass is 16.5. The molecule has 6 nitrogen and oxygen atoms in total. The highest BCUT2D eigenvalue weighted by Crippen LogP contribution is 2.33. The molecule has 1 aliphatic rings. The number of nitrogens with zero attached hydrogens (tertiary/aromatic N) is 2. The van der Waals surface area contributed by atoms with Crippen LogP contribution in [0.1, 0.15) is 41.2 Å². The number of aryl methyl sites for hydroxylation is 3. The third-order valence-electron chi connectivity index (χ3n) is 5.91. The Balaban J connectivity index is 1.55. The van der Waals surface area contributed by atoms with Gasteiger partial charge in [-0.1, -0.05) is 0 Å². The van der Waals surface area contributed by atoms with Gasteiger partial charge in [-0.15, -0.1) is 0 Å². The van der Waals surface area contributed by atoms with Gasteiger partial charge in [0.1, 0.15) is 11.3 Å². The maximum Gasteiger partial charge on any atom is 0.339 e. The zero-order valence-electron chi connectivity index (χ0n) is 17.8. The van der Waals surface area contributed by atoms with E-state index in [0.29, 0.717) is 17.9 Å². The van der Waals surface area contributed by atoms with Crippen LogP contribution < -0.4 is 10.4 Å². The third kappa shape index (κ3) is 3.58. The molecule has 3 aromatic rings. The molecule has 0 spiro atoms. The molecule has 1 aromatic carbocycles. The Morgan fingerprint density at radius 1 is 1.23 bits per heavy atom. The van der Waals surface area contributed by atoms with Gasteiger partial charge in [0.2, 0.25) is 0 Å². The molecular formula is C24H26N2O4. The van der Waals surface area contributed by atoms with Crippen LogP contribution in [0.2, 0.25) is 0 Å². The van der Waals surface area contributed by atoms with Gasteiger partial charge in [0.15, 0.2) is 6.10 Å². The monoisotopic (exact) mass is 406 g/mol. The van der Waals surface area contributed by atoms with Crippen LogP contribution in [-0.2, 0) is 24.2 Å². The molecule has 1 amide bonds. The molecule has 2 aromatic heterocycles. The number of fused-ring (bicyclic) bond motifs is 3. The van der Waals surface area contributed by atoms with E-state index in [9.17, 15) is 9.59 Å². The van der Waals surface area contributed by atoms with Crippen molar-refractivity contribution in [2.24, 2.45) is 0 Å². The first-order valence-corrected chi connectivity index (χ1v) is 10.3. The minimum absolute atomic E-state index is 0.124. The standard InChI is InChI=1S/C24H26N2O4/c1-14-12-25-11-10-17(14)13-26(4)23(27)16(3)29-21-9-8-19-18-6-5-7-20(18)24(28)30-22(19)15(21)2/h8-12,16H,5-7,13H2,1-4H3. The maximum atomic E-state index is 12.9. The van der Waals surface area contributed by atoms with E-state index < -0.39 is 6.10 Å². The van der Waals surface area contributed by atoms with Crippen LogP contribution in [0.4, 0.5) is 0 Å². The van der Waals surface area contributed by atoms with Crippen LogP contribution in [0.15, 0.2) is 39.8 Å². The van der Waals surface area contributed by atoms with Crippen molar-refractivity contribution in [1.29, 1.82) is 0 Å². The van der Waals surface area contributed by atoms with Gasteiger partial charge in [0.25, 0.3) is 5.91 Å². The summed E-state index contributed by atoms with van der Waals surface area (Å²) < 4.78 is 11.6. The summed E-state index contributed by atoms with van der Waals surface area (Å²) in [4.78, 5) is 30.9. The number of amides is 1. The summed E-state index contributed by atoms with van der Waals surface area (Å²) in [7, 11) is 1.76. The van der Waals surface area contributed by atoms with Gasteiger partial charge in [0.05, 0.1) is 0 Å². The van der Waals surface area contributed by atoms with Crippen molar-refractivity contribution in [3.63, 3.8) is 0 Å². The first-order valence-electron chi connectivity index (χ1n) is 10.3. The van der Waals surface area contributed by atoms with Crippen LogP contribution in [0.3, 0.4) is 0 Å². The minimum atomic E-state index is -0.672. The van der Waals surface area contributed by atoms with E-state index in [1.54, 1.807) is 31.3 Å². The quantitative estimate of drug-likeness (QED) is 0.604. The predicted octanol–water partition coefficient (Wildman–Crippen LogP) is 3.72. The first-order chi connectivity index (χ1) is 14.4. The Morgan fingerprint density at radius 3 is 2.77 bits per heavy atom. The van der Waals surface area contributed by atoms with E-state index in [-0.39, 0.29) is 11.5 Å². The fourth-order valence-electron chi connectivity index (χ4n) is 4.16. The molecule has 0 N–H and O–H groups in total. The van der Waals surface area contributed by atoms with Crippen molar-refractivity contribution in [2.45, 2.75) is 52.7 Å². The number of pyridine rings is 1. The summed E-state index contributed by atoms with van der Waals surface area (Å²) in [5, 5.41) is 0.969. The number of ether oxygens (including phenoxy) is 1. The summed E-state index contributed by atoms with van der Waals surface area (Å²) in [6.45, 7) is 6.06. The van der Waals surface area contributed by atoms with E-state index in [0.717, 1.165) is 52.5 Å². The average Bonchev–Trinajstić information content (AvgIpc) is 3.22. The number of rotatable bonds is 5. The average molecular weight is 406 g/mol. The largest absolute Gasteiger partial charge is 0.480 e. The summed E-state index contributed by atoms with van der Waals surface area (Å²) in [5.74, 6) is 0.430. The lowest BCUT2D eigenvalue weighted by molar-refractivity contribution is -0.137. The lowest BCUT2D eigenvalue weighted by Crippen LogP contribution is -2.37. The molecule has 1 unspecified atom stereocenters. The number of hydrogen-bond donors (Lipinski definition) is 0. The summed E-state index contributed by atoms with van der Waals surface area (Å²) in [6, 6.07) is 5.72. The molecule has 0 saturated carbocycles. The highest BCUT2D eigenvalue weighted by molar-refractivity contribution is 5.86. The van der Waals surface area contributed by atoms with Gasteiger partial charge in [-0.3, -0.25) is 9.78 Å². The molecule has 156 valence electrons. The summed E-state index contributed by atoms with van der Waals surface area (Å²) in [6.07, 6.45) is 5.49. The van der Waals surface area contributed by atoms with Crippen molar-refractivity contribution in [3.05, 3.63) is 68.8 Å². The first kappa shape index (κ1) is 20.1. The Hall–Kier alpha value is -3.15. The minimum Gasteiger partial charge on any atom is -0.480 e. The number of aromatic nitrogens is 1. The molecule has 4 rings (SSSR count). The lowest BCUT2D eigenvalue weighted by Gasteiger charge is -2.23. The van der Waals surface area contributed by atoms with Gasteiger partial charge in [-0.25, -0.2) is 4.79 Å². The van der Waals surface area contributed by atoms with Crippen molar-refractivity contribution in [3.8, 4) is 5.75 Å². The molecule has 0 bridgehead atoms. The fourth-order valence-corrected chi connectivity index (χ4v) is 4.16. The topological polar surface area (TPSA) is 72.6 Å². The highest BCUT2D eigenvalue weighted by Gasteiger charge is 2.24. The fraction of sp³-hybridized carbons (Fsp3) is 0.375. The summed E-state index contributed by atoms with van der Waals surface area (Å²) >= 11 is 0. The zero-order valence-corrected chi connectivity index (χ0v) is 17.8. The normalized spacial score (nSPS) is 13.9. The number of carbonyl (C=O) groups is 1. The van der Waals surface area contributed by atoms with Crippen LogP contribution in [0.25, 0.3) is 11.0 Å². The molecule has 2 heterocycles. The van der Waals surface area contributed by atoms with E-state index in [2.05, 4.69) is 4.98 Å². The molecule has 1 atom stereocenters. The number of hydrogen-bond acceptors (Lipinski definition) is 5. The Kier molecular flexibility index (Phi) is 5.33. The van der Waals surface area contributed by atoms with Gasteiger partial charge in [-0.2, -0.15) is 0 Å². The molecular weight excluding hydrogens is 380 g/mol. The smallest absolute Gasteiger partial charge is 0.339 e. The summed E-state index contributed by atoms with van der Waals surface area (Å²) in [5.41, 5.74) is 5.01. The Labute approximate surface area is 175 Å². The van der Waals surface area contributed by atoms with E-state index >= 15 is 0 Å². The van der Waals surface area contributed by atoms with E-state index in [1.807, 2.05) is 32.0 Å². The molecule has 30 heavy (non-hydrogen) atoms. The zero-order chi connectivity index (χ0) is 21.4. The van der Waals surface area contributed by atoms with Crippen molar-refractivity contribution >= 4 is 16.9 Å². The van der Waals surface area contributed by atoms with Crippen LogP contribution in [0.5, 0.6) is 5.75 Å². The van der Waals surface area contributed by atoms with Crippen molar-refractivity contribution in [1.82, 2.24) is 9.88 Å².